The Labute approximate surface area is 386 Å². The van der Waals surface area contributed by atoms with Gasteiger partial charge in [0.2, 0.25) is 0 Å². The fourth-order valence-corrected chi connectivity index (χ4v) is 7.58. The van der Waals surface area contributed by atoms with Crippen molar-refractivity contribution < 1.29 is 47.7 Å². The minimum absolute atomic E-state index is 0.0334. The predicted molar refractivity (Wildman–Crippen MR) is 248 cm³/mol. The first-order valence-electron chi connectivity index (χ1n) is 22.1. The van der Waals surface area contributed by atoms with Crippen LogP contribution in [0.5, 0.6) is 11.5 Å². The Morgan fingerprint density at radius 2 is 1.03 bits per heavy atom. The van der Waals surface area contributed by atoms with Crippen molar-refractivity contribution in [3.63, 3.8) is 0 Å². The van der Waals surface area contributed by atoms with E-state index < -0.39 is 55.6 Å². The largest absolute Gasteiger partial charge is 0.497 e. The maximum Gasteiger partial charge on any atom is 0.169 e. The van der Waals surface area contributed by atoms with Crippen molar-refractivity contribution in [3.8, 4) is 11.5 Å². The lowest BCUT2D eigenvalue weighted by Crippen LogP contribution is -2.62. The highest BCUT2D eigenvalue weighted by molar-refractivity contribution is 5.31. The van der Waals surface area contributed by atoms with Crippen molar-refractivity contribution in [3.05, 3.63) is 214 Å². The van der Waals surface area contributed by atoms with Crippen LogP contribution in [0, 0.1) is 0 Å². The molecule has 344 valence electrons. The van der Waals surface area contributed by atoms with Crippen LogP contribution in [0.4, 0.5) is 0 Å². The number of aliphatic hydroxyl groups excluding tert-OH is 1. The smallest absolute Gasteiger partial charge is 0.169 e. The van der Waals surface area contributed by atoms with Gasteiger partial charge in [-0.3, -0.25) is 0 Å². The average molecular weight is 896 g/mol. The summed E-state index contributed by atoms with van der Waals surface area (Å²) in [5.74, 6) is 1.23. The Kier molecular flexibility index (Phi) is 19.0. The molecule has 6 aromatic rings. The van der Waals surface area contributed by atoms with E-state index in [0.717, 1.165) is 27.8 Å². The first kappa shape index (κ1) is 47.9. The van der Waals surface area contributed by atoms with E-state index in [1.165, 1.54) is 0 Å². The van der Waals surface area contributed by atoms with E-state index in [2.05, 4.69) is 10.0 Å². The molecule has 0 spiro atoms. The zero-order chi connectivity index (χ0) is 45.6. The number of nitrogens with zero attached hydrogens (tertiary/aromatic N) is 3. The van der Waals surface area contributed by atoms with Crippen molar-refractivity contribution in [2.45, 2.75) is 82.0 Å². The third-order valence-electron chi connectivity index (χ3n) is 11.1. The number of ether oxygens (including phenoxy) is 9. The van der Waals surface area contributed by atoms with Gasteiger partial charge < -0.3 is 47.7 Å². The van der Waals surface area contributed by atoms with Crippen molar-refractivity contribution in [1.82, 2.24) is 0 Å². The summed E-state index contributed by atoms with van der Waals surface area (Å²) >= 11 is 0. The van der Waals surface area contributed by atoms with Gasteiger partial charge in [0.15, 0.2) is 6.29 Å². The Hall–Kier alpha value is -6.09. The molecule has 8 atom stereocenters. The minimum Gasteiger partial charge on any atom is -0.497 e. The number of hydrogen-bond donors (Lipinski definition) is 1. The molecular formula is C53H57N3O10. The van der Waals surface area contributed by atoms with Crippen LogP contribution >= 0.6 is 0 Å². The lowest BCUT2D eigenvalue weighted by molar-refractivity contribution is -0.314. The fraction of sp³-hybridized carbons (Fsp3) is 0.321. The van der Waals surface area contributed by atoms with Gasteiger partial charge in [0.05, 0.1) is 53.4 Å². The Morgan fingerprint density at radius 3 is 1.52 bits per heavy atom. The Balaban J connectivity index is 1.26. The summed E-state index contributed by atoms with van der Waals surface area (Å²) in [6.45, 7) is 0.565. The van der Waals surface area contributed by atoms with Crippen LogP contribution in [0.3, 0.4) is 0 Å². The number of methoxy groups -OCH3 is 1. The van der Waals surface area contributed by atoms with E-state index in [-0.39, 0.29) is 39.6 Å². The van der Waals surface area contributed by atoms with Gasteiger partial charge in [-0.05, 0) is 57.6 Å². The Morgan fingerprint density at radius 1 is 0.576 bits per heavy atom. The molecule has 1 fully saturated rings. The summed E-state index contributed by atoms with van der Waals surface area (Å²) < 4.78 is 58.8. The topological polar surface area (TPSA) is 152 Å². The maximum absolute atomic E-state index is 11.2. The van der Waals surface area contributed by atoms with Crippen molar-refractivity contribution in [2.24, 2.45) is 5.11 Å². The summed E-state index contributed by atoms with van der Waals surface area (Å²) in [5, 5.41) is 15.5. The minimum atomic E-state index is -1.29. The fourth-order valence-electron chi connectivity index (χ4n) is 7.58. The van der Waals surface area contributed by atoms with Crippen LogP contribution in [0.25, 0.3) is 10.4 Å². The molecule has 1 N–H and O–H groups in total. The summed E-state index contributed by atoms with van der Waals surface area (Å²) in [5.41, 5.74) is 14.8. The molecule has 1 saturated heterocycles. The molecule has 0 aromatic heterocycles. The van der Waals surface area contributed by atoms with Gasteiger partial charge in [0.1, 0.15) is 60.8 Å². The van der Waals surface area contributed by atoms with E-state index in [4.69, 9.17) is 42.6 Å². The summed E-state index contributed by atoms with van der Waals surface area (Å²) in [6, 6.07) is 54.7. The molecule has 1 heterocycles. The molecular weight excluding hydrogens is 839 g/mol. The standard InChI is InChI=1S/C53H57N3O10/c1-58-44-27-29-45(30-28-44)60-38-47(62-34-41-21-11-4-12-22-41)50(46(31-57)61-33-40-19-9-3-10-20-40)66-53-49(55-56-54)52(64-36-43-25-15-6-16-26-43)51(63-35-42-23-13-5-14-24-42)48(65-53)37-59-32-39-17-7-2-8-18-39/h2-30,46-53,57H,31-38H2,1H3/t46-,47+,48+,49+,50-,51+,52+,53-/m0/s1. The van der Waals surface area contributed by atoms with E-state index in [1.54, 1.807) is 31.4 Å². The number of aliphatic hydroxyl groups is 1. The quantitative estimate of drug-likeness (QED) is 0.0317. The van der Waals surface area contributed by atoms with E-state index in [0.29, 0.717) is 18.1 Å². The molecule has 0 saturated carbocycles. The first-order valence-corrected chi connectivity index (χ1v) is 22.1. The van der Waals surface area contributed by atoms with Gasteiger partial charge >= 0.3 is 0 Å². The van der Waals surface area contributed by atoms with Crippen molar-refractivity contribution in [2.75, 3.05) is 26.9 Å². The number of rotatable bonds is 26. The summed E-state index contributed by atoms with van der Waals surface area (Å²) in [7, 11) is 1.60. The monoisotopic (exact) mass is 895 g/mol. The molecule has 0 amide bonds. The van der Waals surface area contributed by atoms with Crippen molar-refractivity contribution >= 4 is 0 Å². The highest BCUT2D eigenvalue weighted by atomic mass is 16.7. The number of benzene rings is 6. The van der Waals surface area contributed by atoms with Gasteiger partial charge in [-0.1, -0.05) is 157 Å². The lowest BCUT2D eigenvalue weighted by atomic mass is 9.96. The molecule has 0 radical (unpaired) electrons. The predicted octanol–water partition coefficient (Wildman–Crippen LogP) is 9.41. The van der Waals surface area contributed by atoms with E-state index in [1.807, 2.05) is 152 Å². The first-order chi connectivity index (χ1) is 32.6. The Bertz CT molecular complexity index is 2290. The van der Waals surface area contributed by atoms with Gasteiger partial charge in [-0.15, -0.1) is 0 Å². The van der Waals surface area contributed by atoms with E-state index >= 15 is 0 Å². The van der Waals surface area contributed by atoms with Crippen LogP contribution < -0.4 is 9.47 Å². The zero-order valence-corrected chi connectivity index (χ0v) is 37.0. The molecule has 1 aliphatic rings. The van der Waals surface area contributed by atoms with Crippen LogP contribution in [-0.2, 0) is 66.2 Å². The normalized spacial score (nSPS) is 19.5. The van der Waals surface area contributed by atoms with Crippen LogP contribution in [0.2, 0.25) is 0 Å². The highest BCUT2D eigenvalue weighted by Crippen LogP contribution is 2.33. The molecule has 0 aliphatic carbocycles. The van der Waals surface area contributed by atoms with Gasteiger partial charge in [0, 0.05) is 4.91 Å². The molecule has 13 heteroatoms. The van der Waals surface area contributed by atoms with Gasteiger partial charge in [-0.25, -0.2) is 0 Å². The molecule has 13 nitrogen and oxygen atoms in total. The number of hydrogen-bond acceptors (Lipinski definition) is 11. The second-order valence-corrected chi connectivity index (χ2v) is 15.7. The molecule has 0 unspecified atom stereocenters. The number of azide groups is 1. The maximum atomic E-state index is 11.2. The SMILES string of the molecule is COc1ccc(OC[C@@H](OCc2ccccc2)[C@@H](O[C@@H]2O[C@H](COCc3ccccc3)[C@@H](OCc3ccccc3)[C@H](OCc3ccccc3)[C@H]2N=[N+]=[N-])[C@H](CO)OCc2ccccc2)cc1. The third kappa shape index (κ3) is 14.5. The average Bonchev–Trinajstić information content (AvgIpc) is 3.37. The second kappa shape index (κ2) is 26.2. The van der Waals surface area contributed by atoms with Crippen LogP contribution in [0.15, 0.2) is 181 Å². The van der Waals surface area contributed by atoms with Gasteiger partial charge in [-0.2, -0.15) is 0 Å². The lowest BCUT2D eigenvalue weighted by Gasteiger charge is -2.46. The highest BCUT2D eigenvalue weighted by Gasteiger charge is 2.50. The summed E-state index contributed by atoms with van der Waals surface area (Å²) in [4.78, 5) is 3.31. The van der Waals surface area contributed by atoms with Crippen molar-refractivity contribution in [1.29, 1.82) is 0 Å². The molecule has 7 rings (SSSR count). The van der Waals surface area contributed by atoms with Crippen LogP contribution in [-0.4, -0.2) is 81.0 Å². The molecule has 1 aliphatic heterocycles. The van der Waals surface area contributed by atoms with Gasteiger partial charge in [0.25, 0.3) is 0 Å². The zero-order valence-electron chi connectivity index (χ0n) is 37.0. The molecule has 6 aromatic carbocycles. The molecule has 66 heavy (non-hydrogen) atoms. The second-order valence-electron chi connectivity index (χ2n) is 15.7. The molecule has 0 bridgehead atoms. The summed E-state index contributed by atoms with van der Waals surface area (Å²) in [6.07, 6.45) is -6.76. The van der Waals surface area contributed by atoms with E-state index in [9.17, 15) is 10.6 Å². The van der Waals surface area contributed by atoms with Crippen LogP contribution in [0.1, 0.15) is 27.8 Å². The third-order valence-corrected chi connectivity index (χ3v) is 11.1.